The van der Waals surface area contributed by atoms with E-state index in [4.69, 9.17) is 23.7 Å². The summed E-state index contributed by atoms with van der Waals surface area (Å²) in [4.78, 5) is 50.1. The number of rotatable bonds is 6. The largest absolute Gasteiger partial charge is 0.481 e. The highest BCUT2D eigenvalue weighted by Gasteiger charge is 2.50. The fourth-order valence-electron chi connectivity index (χ4n) is 2.62. The van der Waals surface area contributed by atoms with E-state index < -0.39 is 48.1 Å². The smallest absolute Gasteiger partial charge is 0.353 e. The van der Waals surface area contributed by atoms with Gasteiger partial charge in [0, 0.05) is 33.0 Å². The van der Waals surface area contributed by atoms with Gasteiger partial charge in [-0.3, -0.25) is 19.0 Å². The van der Waals surface area contributed by atoms with E-state index in [2.05, 4.69) is 4.98 Å². The molecular formula is C16H20N2O9. The zero-order valence-electron chi connectivity index (χ0n) is 15.2. The molecule has 0 saturated carbocycles. The Bertz CT molecular complexity index is 775. The van der Waals surface area contributed by atoms with Gasteiger partial charge < -0.3 is 23.7 Å². The van der Waals surface area contributed by atoms with E-state index in [1.807, 2.05) is 0 Å². The zero-order valence-corrected chi connectivity index (χ0v) is 15.2. The van der Waals surface area contributed by atoms with Crippen LogP contribution in [0, 0.1) is 0 Å². The lowest BCUT2D eigenvalue weighted by molar-refractivity contribution is -0.166. The summed E-state index contributed by atoms with van der Waals surface area (Å²) in [6.45, 7) is 3.27. The van der Waals surface area contributed by atoms with Crippen LogP contribution in [0.2, 0.25) is 0 Å². The van der Waals surface area contributed by atoms with Gasteiger partial charge in [0.05, 0.1) is 7.11 Å². The normalized spacial score (nSPS) is 24.1. The molecule has 0 N–H and O–H groups in total. The van der Waals surface area contributed by atoms with Gasteiger partial charge in [-0.2, -0.15) is 4.98 Å². The van der Waals surface area contributed by atoms with Crippen LogP contribution in [-0.2, 0) is 33.3 Å². The zero-order chi connectivity index (χ0) is 20.1. The van der Waals surface area contributed by atoms with Crippen molar-refractivity contribution in [3.63, 3.8) is 0 Å². The molecule has 0 radical (unpaired) electrons. The van der Waals surface area contributed by atoms with Crippen LogP contribution in [0.3, 0.4) is 0 Å². The summed E-state index contributed by atoms with van der Waals surface area (Å²) in [6, 6.07) is 1.41. The Labute approximate surface area is 154 Å². The predicted octanol–water partition coefficient (Wildman–Crippen LogP) is -0.424. The second-order valence-electron chi connectivity index (χ2n) is 5.68. The maximum atomic E-state index is 12.3. The number of hydrogen-bond acceptors (Lipinski definition) is 10. The molecule has 1 aromatic heterocycles. The summed E-state index contributed by atoms with van der Waals surface area (Å²) in [5, 5.41) is 0. The second-order valence-corrected chi connectivity index (χ2v) is 5.68. The summed E-state index contributed by atoms with van der Waals surface area (Å²) in [7, 11) is 1.35. The summed E-state index contributed by atoms with van der Waals surface area (Å²) in [5.41, 5.74) is -0.730. The molecule has 4 atom stereocenters. The SMILES string of the molecule is COc1ccn([C@@H]2O[C@H](COC(C)=O)[C@@H](OC(C)=O)[C@H]2OC(C)=O)c(=O)n1. The Morgan fingerprint density at radius 2 is 1.74 bits per heavy atom. The van der Waals surface area contributed by atoms with E-state index in [0.717, 1.165) is 11.5 Å². The van der Waals surface area contributed by atoms with Gasteiger partial charge in [0.15, 0.2) is 18.4 Å². The number of nitrogens with zero attached hydrogens (tertiary/aromatic N) is 2. The summed E-state index contributed by atoms with van der Waals surface area (Å²) < 4.78 is 27.1. The molecule has 1 saturated heterocycles. The first kappa shape index (κ1) is 20.4. The van der Waals surface area contributed by atoms with Crippen LogP contribution >= 0.6 is 0 Å². The summed E-state index contributed by atoms with van der Waals surface area (Å²) in [6.07, 6.45) is -3.01. The lowest BCUT2D eigenvalue weighted by Crippen LogP contribution is -2.41. The molecule has 2 heterocycles. The van der Waals surface area contributed by atoms with Crippen molar-refractivity contribution in [2.75, 3.05) is 13.7 Å². The molecule has 27 heavy (non-hydrogen) atoms. The molecule has 0 aliphatic carbocycles. The monoisotopic (exact) mass is 384 g/mol. The van der Waals surface area contributed by atoms with Gasteiger partial charge in [-0.05, 0) is 0 Å². The van der Waals surface area contributed by atoms with E-state index in [1.54, 1.807) is 0 Å². The first-order valence-corrected chi connectivity index (χ1v) is 7.99. The topological polar surface area (TPSA) is 132 Å². The van der Waals surface area contributed by atoms with Gasteiger partial charge in [0.2, 0.25) is 5.88 Å². The Kier molecular flexibility index (Phi) is 6.50. The van der Waals surface area contributed by atoms with Crippen molar-refractivity contribution in [3.05, 3.63) is 22.7 Å². The van der Waals surface area contributed by atoms with Gasteiger partial charge in [-0.15, -0.1) is 0 Å². The number of carbonyl (C=O) groups is 3. The lowest BCUT2D eigenvalue weighted by atomic mass is 10.1. The molecule has 1 aliphatic heterocycles. The highest BCUT2D eigenvalue weighted by Crippen LogP contribution is 2.33. The average molecular weight is 384 g/mol. The standard InChI is InChI=1S/C16H20N2O9/c1-8(19)24-7-11-13(25-9(2)20)14(26-10(3)21)15(27-11)18-6-5-12(23-4)17-16(18)22/h5-6,11,13-15H,7H2,1-4H3/t11-,13-,14-,15-/m1/s1. The van der Waals surface area contributed by atoms with Crippen LogP contribution in [0.15, 0.2) is 17.1 Å². The van der Waals surface area contributed by atoms with Crippen molar-refractivity contribution in [1.82, 2.24) is 9.55 Å². The van der Waals surface area contributed by atoms with E-state index in [-0.39, 0.29) is 12.5 Å². The maximum absolute atomic E-state index is 12.3. The molecule has 0 aromatic carbocycles. The Morgan fingerprint density at radius 1 is 1.11 bits per heavy atom. The molecule has 11 heteroatoms. The van der Waals surface area contributed by atoms with Crippen LogP contribution in [-0.4, -0.2) is 59.5 Å². The minimum atomic E-state index is -1.15. The van der Waals surface area contributed by atoms with E-state index in [9.17, 15) is 19.2 Å². The fourth-order valence-corrected chi connectivity index (χ4v) is 2.62. The molecule has 0 amide bonds. The van der Waals surface area contributed by atoms with Crippen molar-refractivity contribution >= 4 is 17.9 Å². The molecule has 148 valence electrons. The van der Waals surface area contributed by atoms with Crippen molar-refractivity contribution in [3.8, 4) is 5.88 Å². The molecule has 2 rings (SSSR count). The minimum absolute atomic E-state index is 0.0892. The number of aromatic nitrogens is 2. The molecular weight excluding hydrogens is 364 g/mol. The summed E-state index contributed by atoms with van der Waals surface area (Å²) in [5.74, 6) is -1.81. The lowest BCUT2D eigenvalue weighted by Gasteiger charge is -2.23. The van der Waals surface area contributed by atoms with Crippen molar-refractivity contribution < 1.29 is 38.1 Å². The molecule has 0 bridgehead atoms. The van der Waals surface area contributed by atoms with Crippen molar-refractivity contribution in [2.45, 2.75) is 45.3 Å². The number of esters is 3. The van der Waals surface area contributed by atoms with Gasteiger partial charge >= 0.3 is 23.6 Å². The van der Waals surface area contributed by atoms with E-state index in [0.29, 0.717) is 0 Å². The highest BCUT2D eigenvalue weighted by atomic mass is 16.7. The number of ether oxygens (including phenoxy) is 5. The first-order chi connectivity index (χ1) is 12.7. The maximum Gasteiger partial charge on any atom is 0.353 e. The van der Waals surface area contributed by atoms with Gasteiger partial charge in [-0.1, -0.05) is 0 Å². The Balaban J connectivity index is 2.40. The van der Waals surface area contributed by atoms with Crippen LogP contribution in [0.1, 0.15) is 27.0 Å². The van der Waals surface area contributed by atoms with Gasteiger partial charge in [0.1, 0.15) is 12.7 Å². The average Bonchev–Trinajstić information content (AvgIpc) is 2.89. The summed E-state index contributed by atoms with van der Waals surface area (Å²) >= 11 is 0. The molecule has 0 spiro atoms. The van der Waals surface area contributed by atoms with E-state index in [1.165, 1.54) is 33.2 Å². The van der Waals surface area contributed by atoms with Crippen LogP contribution in [0.5, 0.6) is 5.88 Å². The van der Waals surface area contributed by atoms with E-state index >= 15 is 0 Å². The predicted molar refractivity (Wildman–Crippen MR) is 86.7 cm³/mol. The molecule has 0 unspecified atom stereocenters. The van der Waals surface area contributed by atoms with Crippen molar-refractivity contribution in [1.29, 1.82) is 0 Å². The second kappa shape index (κ2) is 8.62. The van der Waals surface area contributed by atoms with Crippen molar-refractivity contribution in [2.24, 2.45) is 0 Å². The third-order valence-electron chi connectivity index (χ3n) is 3.63. The van der Waals surface area contributed by atoms with Crippen LogP contribution in [0.4, 0.5) is 0 Å². The molecule has 1 aromatic rings. The number of carbonyl (C=O) groups excluding carboxylic acids is 3. The minimum Gasteiger partial charge on any atom is -0.481 e. The number of methoxy groups -OCH3 is 1. The molecule has 1 fully saturated rings. The molecule has 1 aliphatic rings. The van der Waals surface area contributed by atoms with Gasteiger partial charge in [-0.25, -0.2) is 4.79 Å². The first-order valence-electron chi connectivity index (χ1n) is 7.99. The Hall–Kier alpha value is -2.95. The van der Waals surface area contributed by atoms with Crippen LogP contribution < -0.4 is 10.4 Å². The van der Waals surface area contributed by atoms with Gasteiger partial charge in [0.25, 0.3) is 0 Å². The van der Waals surface area contributed by atoms with Crippen LogP contribution in [0.25, 0.3) is 0 Å². The number of hydrogen-bond donors (Lipinski definition) is 0. The fraction of sp³-hybridized carbons (Fsp3) is 0.562. The quantitative estimate of drug-likeness (QED) is 0.470. The third kappa shape index (κ3) is 5.03. The third-order valence-corrected chi connectivity index (χ3v) is 3.63. The highest BCUT2D eigenvalue weighted by molar-refractivity contribution is 5.67. The molecule has 11 nitrogen and oxygen atoms in total. The Morgan fingerprint density at radius 3 is 2.26 bits per heavy atom.